The molecule has 2 aliphatic heterocycles. The van der Waals surface area contributed by atoms with Crippen LogP contribution in [0.25, 0.3) is 0 Å². The van der Waals surface area contributed by atoms with Crippen molar-refractivity contribution in [1.29, 1.82) is 0 Å². The number of carbonyl (C=O) groups is 2. The second-order valence-electron chi connectivity index (χ2n) is 8.86. The number of likely N-dealkylation sites (tertiary alicyclic amines) is 2. The molecule has 0 saturated carbocycles. The lowest BCUT2D eigenvalue weighted by atomic mass is 9.96. The van der Waals surface area contributed by atoms with Gasteiger partial charge in [-0.3, -0.25) is 9.59 Å². The third kappa shape index (κ3) is 4.71. The van der Waals surface area contributed by atoms with Crippen molar-refractivity contribution >= 4 is 23.2 Å². The molecule has 4 rings (SSSR count). The van der Waals surface area contributed by atoms with Gasteiger partial charge in [0.05, 0.1) is 31.9 Å². The first-order valence-electron chi connectivity index (χ1n) is 11.8. The molecule has 34 heavy (non-hydrogen) atoms. The van der Waals surface area contributed by atoms with Crippen LogP contribution in [-0.4, -0.2) is 73.6 Å². The van der Waals surface area contributed by atoms with Crippen molar-refractivity contribution in [1.82, 2.24) is 14.8 Å². The maximum absolute atomic E-state index is 13.3. The minimum Gasteiger partial charge on any atom is -0.493 e. The zero-order chi connectivity index (χ0) is 24.2. The molecule has 0 aliphatic carbocycles. The van der Waals surface area contributed by atoms with Gasteiger partial charge in [0, 0.05) is 37.0 Å². The first-order chi connectivity index (χ1) is 16.5. The fraction of sp³-hybridized carbons (Fsp3) is 0.560. The normalized spacial score (nSPS) is 19.1. The van der Waals surface area contributed by atoms with Gasteiger partial charge in [-0.25, -0.2) is 4.98 Å². The number of hydrogen-bond donors (Lipinski definition) is 0. The molecule has 1 atom stereocenters. The highest BCUT2D eigenvalue weighted by Gasteiger charge is 2.31. The van der Waals surface area contributed by atoms with Gasteiger partial charge in [0.25, 0.3) is 11.8 Å². The van der Waals surface area contributed by atoms with Crippen molar-refractivity contribution in [2.45, 2.75) is 51.0 Å². The van der Waals surface area contributed by atoms with Crippen LogP contribution in [0.3, 0.4) is 0 Å². The Morgan fingerprint density at radius 1 is 0.941 bits per heavy atom. The summed E-state index contributed by atoms with van der Waals surface area (Å²) in [6, 6.07) is 3.71. The molecule has 3 heterocycles. The molecule has 2 fully saturated rings. The molecule has 2 saturated heterocycles. The lowest BCUT2D eigenvalue weighted by molar-refractivity contribution is 0.0630. The van der Waals surface area contributed by atoms with E-state index < -0.39 is 0 Å². The maximum Gasteiger partial charge on any atom is 0.273 e. The average Bonchev–Trinajstić information content (AvgIpc) is 3.37. The summed E-state index contributed by atoms with van der Waals surface area (Å²) in [5.41, 5.74) is 1.01. The number of hydrogen-bond acceptors (Lipinski definition) is 7. The maximum atomic E-state index is 13.3. The summed E-state index contributed by atoms with van der Waals surface area (Å²) in [7, 11) is 4.60. The number of methoxy groups -OCH3 is 3. The smallest absolute Gasteiger partial charge is 0.273 e. The summed E-state index contributed by atoms with van der Waals surface area (Å²) < 4.78 is 16.2. The van der Waals surface area contributed by atoms with E-state index in [9.17, 15) is 9.59 Å². The largest absolute Gasteiger partial charge is 0.493 e. The molecule has 9 heteroatoms. The fourth-order valence-corrected chi connectivity index (χ4v) is 5.85. The zero-order valence-electron chi connectivity index (χ0n) is 20.3. The van der Waals surface area contributed by atoms with E-state index >= 15 is 0 Å². The first-order valence-corrected chi connectivity index (χ1v) is 12.7. The number of nitrogens with zero attached hydrogens (tertiary/aromatic N) is 3. The summed E-state index contributed by atoms with van der Waals surface area (Å²) >= 11 is 1.56. The van der Waals surface area contributed by atoms with Crippen LogP contribution in [0, 0.1) is 0 Å². The molecule has 2 aromatic rings. The summed E-state index contributed by atoms with van der Waals surface area (Å²) in [6.45, 7) is 4.16. The van der Waals surface area contributed by atoms with Crippen molar-refractivity contribution in [3.63, 3.8) is 0 Å². The van der Waals surface area contributed by atoms with Crippen LogP contribution in [0.5, 0.6) is 17.2 Å². The van der Waals surface area contributed by atoms with Crippen LogP contribution in [0.1, 0.15) is 70.8 Å². The minimum absolute atomic E-state index is 0.0443. The molecule has 184 valence electrons. The van der Waals surface area contributed by atoms with Crippen LogP contribution in [-0.2, 0) is 0 Å². The number of thiazole rings is 1. The minimum atomic E-state index is -0.0923. The molecule has 2 amide bonds. The van der Waals surface area contributed by atoms with Gasteiger partial charge in [-0.1, -0.05) is 0 Å². The molecular weight excluding hydrogens is 454 g/mol. The molecule has 0 radical (unpaired) electrons. The van der Waals surface area contributed by atoms with Crippen LogP contribution < -0.4 is 14.2 Å². The Balaban J connectivity index is 1.41. The van der Waals surface area contributed by atoms with E-state index in [1.807, 2.05) is 15.2 Å². The highest BCUT2D eigenvalue weighted by atomic mass is 32.1. The molecule has 8 nitrogen and oxygen atoms in total. The Morgan fingerprint density at radius 2 is 1.68 bits per heavy atom. The van der Waals surface area contributed by atoms with Gasteiger partial charge < -0.3 is 24.0 Å². The van der Waals surface area contributed by atoms with Crippen molar-refractivity contribution in [2.24, 2.45) is 0 Å². The van der Waals surface area contributed by atoms with Gasteiger partial charge in [0.1, 0.15) is 5.69 Å². The van der Waals surface area contributed by atoms with E-state index in [0.717, 1.165) is 37.2 Å². The zero-order valence-corrected chi connectivity index (χ0v) is 21.2. The first kappa shape index (κ1) is 24.3. The van der Waals surface area contributed by atoms with Crippen LogP contribution >= 0.6 is 11.3 Å². The quantitative estimate of drug-likeness (QED) is 0.607. The predicted molar refractivity (Wildman–Crippen MR) is 130 cm³/mol. The molecule has 0 spiro atoms. The van der Waals surface area contributed by atoms with Crippen molar-refractivity contribution in [3.05, 3.63) is 33.8 Å². The summed E-state index contributed by atoms with van der Waals surface area (Å²) in [4.78, 5) is 34.7. The van der Waals surface area contributed by atoms with E-state index in [2.05, 4.69) is 6.92 Å². The third-order valence-electron chi connectivity index (χ3n) is 6.87. The summed E-state index contributed by atoms with van der Waals surface area (Å²) in [6.07, 6.45) is 4.91. The fourth-order valence-electron chi connectivity index (χ4n) is 4.89. The van der Waals surface area contributed by atoms with Gasteiger partial charge in [-0.05, 0) is 51.2 Å². The molecule has 1 unspecified atom stereocenters. The van der Waals surface area contributed by atoms with Gasteiger partial charge in [0.2, 0.25) is 5.75 Å². The number of rotatable bonds is 6. The van der Waals surface area contributed by atoms with Crippen molar-refractivity contribution < 1.29 is 23.8 Å². The molecule has 0 bridgehead atoms. The Labute approximate surface area is 204 Å². The number of aromatic nitrogens is 1. The standard InChI is InChI=1S/C25H33N3O5S/c1-16-7-5-6-12-28(16)25(30)19-15-34-23(26-19)17-10-13-27(14-11-17)24(29)18-8-9-20(31-2)22(33-4)21(18)32-3/h8-9,15-17H,5-7,10-14H2,1-4H3. The Hall–Kier alpha value is -2.81. The number of benzene rings is 1. The van der Waals surface area contributed by atoms with Crippen LogP contribution in [0.2, 0.25) is 0 Å². The van der Waals surface area contributed by atoms with Gasteiger partial charge in [-0.2, -0.15) is 0 Å². The van der Waals surface area contributed by atoms with Crippen LogP contribution in [0.15, 0.2) is 17.5 Å². The van der Waals surface area contributed by atoms with E-state index in [1.165, 1.54) is 20.6 Å². The lowest BCUT2D eigenvalue weighted by Crippen LogP contribution is -2.42. The third-order valence-corrected chi connectivity index (χ3v) is 7.88. The molecule has 2 aliphatic rings. The highest BCUT2D eigenvalue weighted by molar-refractivity contribution is 7.09. The van der Waals surface area contributed by atoms with E-state index in [1.54, 1.807) is 30.6 Å². The SMILES string of the molecule is COc1ccc(C(=O)N2CCC(c3nc(C(=O)N4CCCCC4C)cs3)CC2)c(OC)c1OC. The number of piperidine rings is 2. The van der Waals surface area contributed by atoms with E-state index in [4.69, 9.17) is 19.2 Å². The topological polar surface area (TPSA) is 81.2 Å². The van der Waals surface area contributed by atoms with Crippen molar-refractivity contribution in [2.75, 3.05) is 41.0 Å². The Bertz CT molecular complexity index is 1030. The second kappa shape index (κ2) is 10.6. The van der Waals surface area contributed by atoms with Gasteiger partial charge in [-0.15, -0.1) is 11.3 Å². The predicted octanol–water partition coefficient (Wildman–Crippen LogP) is 4.20. The van der Waals surface area contributed by atoms with Crippen molar-refractivity contribution in [3.8, 4) is 17.2 Å². The van der Waals surface area contributed by atoms with E-state index in [0.29, 0.717) is 41.6 Å². The molecule has 0 N–H and O–H groups in total. The summed E-state index contributed by atoms with van der Waals surface area (Å²) in [5, 5.41) is 2.88. The second-order valence-corrected chi connectivity index (χ2v) is 9.75. The van der Waals surface area contributed by atoms with Gasteiger partial charge in [0.15, 0.2) is 11.5 Å². The Kier molecular flexibility index (Phi) is 7.60. The summed E-state index contributed by atoms with van der Waals surface area (Å²) in [5.74, 6) is 1.51. The monoisotopic (exact) mass is 487 g/mol. The Morgan fingerprint density at radius 3 is 2.32 bits per heavy atom. The number of carbonyl (C=O) groups excluding carboxylic acids is 2. The molecule has 1 aromatic heterocycles. The number of ether oxygens (including phenoxy) is 3. The molecular formula is C25H33N3O5S. The van der Waals surface area contributed by atoms with E-state index in [-0.39, 0.29) is 23.8 Å². The number of amides is 2. The van der Waals surface area contributed by atoms with Crippen LogP contribution in [0.4, 0.5) is 0 Å². The molecule has 1 aromatic carbocycles. The lowest BCUT2D eigenvalue weighted by Gasteiger charge is -2.33. The highest BCUT2D eigenvalue weighted by Crippen LogP contribution is 2.41. The van der Waals surface area contributed by atoms with Gasteiger partial charge >= 0.3 is 0 Å². The average molecular weight is 488 g/mol.